The molecule has 0 saturated carbocycles. The van der Waals surface area contributed by atoms with E-state index in [2.05, 4.69) is 9.97 Å². The van der Waals surface area contributed by atoms with Gasteiger partial charge in [-0.25, -0.2) is 9.97 Å². The fourth-order valence-electron chi connectivity index (χ4n) is 5.20. The van der Waals surface area contributed by atoms with Crippen molar-refractivity contribution in [3.8, 4) is 11.5 Å². The summed E-state index contributed by atoms with van der Waals surface area (Å²) < 4.78 is 12.0. The number of para-hydroxylation sites is 2. The Morgan fingerprint density at radius 3 is 1.50 bits per heavy atom. The van der Waals surface area contributed by atoms with E-state index < -0.39 is 11.9 Å². The molecule has 0 bridgehead atoms. The maximum absolute atomic E-state index is 11.6. The minimum Gasteiger partial charge on any atom is -0.550 e. The smallest absolute Gasteiger partial charge is 0.550 e. The van der Waals surface area contributed by atoms with Gasteiger partial charge < -0.3 is 19.4 Å². The third-order valence-electron chi connectivity index (χ3n) is 7.64. The molecule has 0 amide bonds. The number of carbonyl (C=O) groups is 1. The molecule has 0 saturated heterocycles. The van der Waals surface area contributed by atoms with E-state index >= 15 is 0 Å². The van der Waals surface area contributed by atoms with Gasteiger partial charge in [0.05, 0.1) is 22.4 Å². The van der Waals surface area contributed by atoms with Gasteiger partial charge in [-0.05, 0) is 72.0 Å². The first-order chi connectivity index (χ1) is 21.0. The molecule has 6 rings (SSSR count). The van der Waals surface area contributed by atoms with Gasteiger partial charge in [0.25, 0.3) is 0 Å². The minimum absolute atomic E-state index is 0. The van der Waals surface area contributed by atoms with Crippen molar-refractivity contribution in [3.63, 3.8) is 0 Å². The molecule has 0 N–H and O–H groups in total. The molecule has 0 fully saturated rings. The maximum atomic E-state index is 11.6. The molecule has 1 atom stereocenters. The van der Waals surface area contributed by atoms with Gasteiger partial charge in [0.2, 0.25) is 0 Å². The zero-order valence-electron chi connectivity index (χ0n) is 24.9. The fraction of sp³-hybridized carbons (Fsp3) is 0.162. The molecule has 4 aromatic carbocycles. The van der Waals surface area contributed by atoms with Crippen LogP contribution in [0.3, 0.4) is 0 Å². The van der Waals surface area contributed by atoms with E-state index in [4.69, 9.17) is 9.47 Å². The van der Waals surface area contributed by atoms with Crippen LogP contribution in [0.2, 0.25) is 0 Å². The molecule has 2 aromatic heterocycles. The van der Waals surface area contributed by atoms with Gasteiger partial charge in [-0.15, -0.1) is 0 Å². The van der Waals surface area contributed by atoms with E-state index in [0.717, 1.165) is 55.8 Å². The summed E-state index contributed by atoms with van der Waals surface area (Å²) in [5.41, 5.74) is 5.57. The Hall–Kier alpha value is -4.23. The zero-order valence-corrected chi connectivity index (χ0v) is 26.9. The van der Waals surface area contributed by atoms with Crippen molar-refractivity contribution >= 4 is 27.8 Å². The van der Waals surface area contributed by atoms with Crippen LogP contribution in [0.5, 0.6) is 11.5 Å². The number of nitrogens with zero attached hydrogens (tertiary/aromatic N) is 2. The van der Waals surface area contributed by atoms with Crippen LogP contribution < -0.4 is 44.1 Å². The molecule has 44 heavy (non-hydrogen) atoms. The number of carbonyl (C=O) groups excluding carboxylic acids is 1. The van der Waals surface area contributed by atoms with Gasteiger partial charge >= 0.3 is 29.6 Å². The topological polar surface area (TPSA) is 84.4 Å². The van der Waals surface area contributed by atoms with Crippen LogP contribution in [-0.2, 0) is 18.0 Å². The predicted molar refractivity (Wildman–Crippen MR) is 166 cm³/mol. The van der Waals surface area contributed by atoms with Crippen molar-refractivity contribution in [2.24, 2.45) is 5.92 Å². The van der Waals surface area contributed by atoms with Crippen LogP contribution in [0, 0.1) is 5.92 Å². The van der Waals surface area contributed by atoms with Gasteiger partial charge in [0, 0.05) is 22.7 Å². The van der Waals surface area contributed by atoms with Gasteiger partial charge in [-0.3, -0.25) is 0 Å². The van der Waals surface area contributed by atoms with Crippen molar-refractivity contribution in [2.45, 2.75) is 32.5 Å². The Balaban J connectivity index is 0.00000384. The predicted octanol–water partition coefficient (Wildman–Crippen LogP) is 3.85. The number of aliphatic carboxylic acids is 1. The number of benzene rings is 4. The zero-order chi connectivity index (χ0) is 29.6. The first-order valence-corrected chi connectivity index (χ1v) is 14.4. The normalized spacial score (nSPS) is 11.7. The largest absolute Gasteiger partial charge is 1.00 e. The Kier molecular flexibility index (Phi) is 10.3. The standard InChI is InChI=1S/C37H32N2O4.Na/c1-25(37(40)41)22-34(26-12-18-32(19-13-26)42-23-30-16-10-28-6-2-4-8-35(28)38-30)27-14-20-33(21-15-27)43-24-31-17-11-29-7-3-5-9-36(29)39-31;/h2-21,25,34H,22-24H2,1H3,(H,40,41);/q;+1/p-1. The summed E-state index contributed by atoms with van der Waals surface area (Å²) in [5, 5.41) is 13.8. The summed E-state index contributed by atoms with van der Waals surface area (Å²) in [5.74, 6) is -0.376. The van der Waals surface area contributed by atoms with E-state index in [1.165, 1.54) is 0 Å². The number of hydrogen-bond acceptors (Lipinski definition) is 6. The van der Waals surface area contributed by atoms with Crippen LogP contribution >= 0.6 is 0 Å². The summed E-state index contributed by atoms with van der Waals surface area (Å²) in [6.45, 7) is 2.39. The Labute approximate surface area is 279 Å². The molecule has 6 aromatic rings. The van der Waals surface area contributed by atoms with Crippen LogP contribution in [0.4, 0.5) is 0 Å². The molecule has 6 nitrogen and oxygen atoms in total. The van der Waals surface area contributed by atoms with E-state index in [9.17, 15) is 9.90 Å². The molecule has 2 heterocycles. The number of fused-ring (bicyclic) bond motifs is 2. The molecule has 7 heteroatoms. The van der Waals surface area contributed by atoms with Gasteiger partial charge in [0.15, 0.2) is 0 Å². The molecule has 0 aliphatic carbocycles. The van der Waals surface area contributed by atoms with Crippen LogP contribution in [-0.4, -0.2) is 15.9 Å². The van der Waals surface area contributed by atoms with Crippen molar-refractivity contribution in [1.82, 2.24) is 9.97 Å². The molecule has 0 spiro atoms. The number of ether oxygens (including phenoxy) is 2. The quantitative estimate of drug-likeness (QED) is 0.213. The second-order valence-corrected chi connectivity index (χ2v) is 10.7. The Morgan fingerprint density at radius 1 is 0.636 bits per heavy atom. The number of rotatable bonds is 11. The fourth-order valence-corrected chi connectivity index (χ4v) is 5.20. The first kappa shape index (κ1) is 31.2. The van der Waals surface area contributed by atoms with Crippen molar-refractivity contribution in [1.29, 1.82) is 0 Å². The van der Waals surface area contributed by atoms with Gasteiger partial charge in [-0.1, -0.05) is 79.7 Å². The van der Waals surface area contributed by atoms with Gasteiger partial charge in [-0.2, -0.15) is 0 Å². The van der Waals surface area contributed by atoms with Crippen molar-refractivity contribution in [2.75, 3.05) is 0 Å². The molecule has 0 aliphatic rings. The number of carboxylic acids is 1. The summed E-state index contributed by atoms with van der Waals surface area (Å²) in [7, 11) is 0. The monoisotopic (exact) mass is 590 g/mol. The number of carboxylic acid groups (broad SMARTS) is 1. The maximum Gasteiger partial charge on any atom is 1.00 e. The SMILES string of the molecule is CC(CC(c1ccc(OCc2ccc3ccccc3n2)cc1)c1ccc(OCc2ccc3ccccc3n2)cc1)C(=O)[O-].[Na+]. The molecule has 214 valence electrons. The summed E-state index contributed by atoms with van der Waals surface area (Å²) in [6.07, 6.45) is 0.408. The number of hydrogen-bond donors (Lipinski definition) is 0. The molecule has 1 unspecified atom stereocenters. The summed E-state index contributed by atoms with van der Waals surface area (Å²) in [6, 6.07) is 39.7. The van der Waals surface area contributed by atoms with Crippen LogP contribution in [0.25, 0.3) is 21.8 Å². The van der Waals surface area contributed by atoms with E-state index in [1.54, 1.807) is 6.92 Å². The van der Waals surface area contributed by atoms with E-state index in [-0.39, 0.29) is 35.5 Å². The minimum atomic E-state index is -1.06. The molecular formula is C37H31N2NaO4. The number of aromatic nitrogens is 2. The average molecular weight is 591 g/mol. The Morgan fingerprint density at radius 2 is 1.07 bits per heavy atom. The third kappa shape index (κ3) is 7.64. The first-order valence-electron chi connectivity index (χ1n) is 14.4. The van der Waals surface area contributed by atoms with Crippen molar-refractivity contribution < 1.29 is 48.9 Å². The summed E-state index contributed by atoms with van der Waals surface area (Å²) >= 11 is 0. The van der Waals surface area contributed by atoms with Crippen LogP contribution in [0.1, 0.15) is 41.8 Å². The second-order valence-electron chi connectivity index (χ2n) is 10.7. The second kappa shape index (κ2) is 14.5. The Bertz CT molecular complexity index is 1730. The molecular weight excluding hydrogens is 559 g/mol. The molecule has 0 radical (unpaired) electrons. The van der Waals surface area contributed by atoms with Crippen LogP contribution in [0.15, 0.2) is 121 Å². The van der Waals surface area contributed by atoms with Crippen molar-refractivity contribution in [3.05, 3.63) is 144 Å². The average Bonchev–Trinajstić information content (AvgIpc) is 3.05. The molecule has 0 aliphatic heterocycles. The van der Waals surface area contributed by atoms with E-state index in [0.29, 0.717) is 19.6 Å². The van der Waals surface area contributed by atoms with E-state index in [1.807, 2.05) is 121 Å². The summed E-state index contributed by atoms with van der Waals surface area (Å²) in [4.78, 5) is 21.0. The van der Waals surface area contributed by atoms with Gasteiger partial charge in [0.1, 0.15) is 24.7 Å². The third-order valence-corrected chi connectivity index (χ3v) is 7.64. The number of pyridine rings is 2.